The lowest BCUT2D eigenvalue weighted by atomic mass is 10.1. The van der Waals surface area contributed by atoms with E-state index in [-0.39, 0.29) is 0 Å². The zero-order valence-corrected chi connectivity index (χ0v) is 15.9. The van der Waals surface area contributed by atoms with Crippen LogP contribution in [0.3, 0.4) is 0 Å². The van der Waals surface area contributed by atoms with Crippen LogP contribution in [0.5, 0.6) is 0 Å². The molecule has 1 aromatic carbocycles. The molecule has 3 heterocycles. The van der Waals surface area contributed by atoms with E-state index >= 15 is 0 Å². The van der Waals surface area contributed by atoms with Gasteiger partial charge < -0.3 is 4.90 Å². The third-order valence-electron chi connectivity index (χ3n) is 3.97. The molecule has 0 atom stereocenters. The Hall–Kier alpha value is -0.680. The van der Waals surface area contributed by atoms with Gasteiger partial charge in [0.05, 0.1) is 15.4 Å². The number of thioether (sulfide) groups is 1. The van der Waals surface area contributed by atoms with Crippen LogP contribution in [-0.4, -0.2) is 16.5 Å². The number of benzene rings is 1. The Morgan fingerprint density at radius 3 is 2.91 bits per heavy atom. The number of halogens is 2. The smallest absolute Gasteiger partial charge is 0.0711 e. The van der Waals surface area contributed by atoms with Gasteiger partial charge in [0.25, 0.3) is 0 Å². The fourth-order valence-corrected chi connectivity index (χ4v) is 5.95. The van der Waals surface area contributed by atoms with E-state index in [9.17, 15) is 0 Å². The summed E-state index contributed by atoms with van der Waals surface area (Å²) in [5.41, 5.74) is 5.09. The zero-order valence-electron chi connectivity index (χ0n) is 11.9. The summed E-state index contributed by atoms with van der Waals surface area (Å²) in [7, 11) is 0. The van der Waals surface area contributed by atoms with Crippen LogP contribution < -0.4 is 9.75 Å². The molecular formula is C17H13BrClNS2. The average molecular weight is 411 g/mol. The largest absolute Gasteiger partial charge is 0.333 e. The van der Waals surface area contributed by atoms with Crippen molar-refractivity contribution in [2.45, 2.75) is 6.92 Å². The maximum absolute atomic E-state index is 6.52. The van der Waals surface area contributed by atoms with E-state index in [1.807, 2.05) is 23.9 Å². The van der Waals surface area contributed by atoms with Crippen LogP contribution in [0.15, 0.2) is 45.4 Å². The fourth-order valence-electron chi connectivity index (χ4n) is 2.95. The monoisotopic (exact) mass is 409 g/mol. The average Bonchev–Trinajstić information content (AvgIpc) is 3.07. The highest BCUT2D eigenvalue weighted by molar-refractivity contribution is 9.11. The van der Waals surface area contributed by atoms with Crippen LogP contribution in [0.1, 0.15) is 12.5 Å². The molecule has 1 nitrogen and oxygen atoms in total. The number of hydrogen-bond donors (Lipinski definition) is 0. The highest BCUT2D eigenvalue weighted by Crippen LogP contribution is 2.36. The second-order valence-electron chi connectivity index (χ2n) is 5.34. The number of thiophene rings is 1. The Labute approximate surface area is 151 Å². The van der Waals surface area contributed by atoms with Crippen molar-refractivity contribution in [3.8, 4) is 0 Å². The summed E-state index contributed by atoms with van der Waals surface area (Å²) < 4.78 is 2.45. The van der Waals surface area contributed by atoms with E-state index in [0.29, 0.717) is 0 Å². The lowest BCUT2D eigenvalue weighted by molar-refractivity contribution is 0.591. The third kappa shape index (κ3) is 2.37. The van der Waals surface area contributed by atoms with Gasteiger partial charge in [0, 0.05) is 31.8 Å². The molecule has 4 rings (SSSR count). The van der Waals surface area contributed by atoms with E-state index in [1.165, 1.54) is 26.7 Å². The van der Waals surface area contributed by atoms with E-state index in [0.717, 1.165) is 26.0 Å². The minimum atomic E-state index is 0.807. The molecule has 0 N–H and O–H groups in total. The van der Waals surface area contributed by atoms with Gasteiger partial charge in [-0.25, -0.2) is 0 Å². The summed E-state index contributed by atoms with van der Waals surface area (Å²) in [5.74, 6) is 2.04. The maximum atomic E-state index is 6.52. The first kappa shape index (κ1) is 14.9. The molecule has 1 saturated heterocycles. The number of allylic oxidation sites excluding steroid dienone is 1. The van der Waals surface area contributed by atoms with E-state index in [4.69, 9.17) is 11.6 Å². The summed E-state index contributed by atoms with van der Waals surface area (Å²) in [4.78, 5) is 2.43. The number of fused-ring (bicyclic) bond motifs is 2. The molecule has 1 fully saturated rings. The van der Waals surface area contributed by atoms with Crippen LogP contribution in [-0.2, 0) is 0 Å². The van der Waals surface area contributed by atoms with Gasteiger partial charge in [-0.1, -0.05) is 29.8 Å². The third-order valence-corrected chi connectivity index (χ3v) is 6.81. The Kier molecular flexibility index (Phi) is 3.89. The van der Waals surface area contributed by atoms with Crippen molar-refractivity contribution in [3.05, 3.63) is 65.7 Å². The summed E-state index contributed by atoms with van der Waals surface area (Å²) in [6, 6.07) is 10.4. The van der Waals surface area contributed by atoms with Crippen molar-refractivity contribution in [1.29, 1.82) is 0 Å². The molecular weight excluding hydrogens is 398 g/mol. The quantitative estimate of drug-likeness (QED) is 0.686. The normalized spacial score (nSPS) is 17.2. The maximum Gasteiger partial charge on any atom is 0.0711 e. The predicted octanol–water partition coefficient (Wildman–Crippen LogP) is 4.39. The SMILES string of the molecule is CC1=C2CSCN2C(c2ccccc2Cl)=c2cc(Br)sc2=C1. The van der Waals surface area contributed by atoms with Crippen molar-refractivity contribution in [3.63, 3.8) is 0 Å². The van der Waals surface area contributed by atoms with Crippen LogP contribution in [0.2, 0.25) is 5.02 Å². The van der Waals surface area contributed by atoms with Crippen molar-refractivity contribution in [2.75, 3.05) is 11.6 Å². The fraction of sp³-hybridized carbons (Fsp3) is 0.176. The second-order valence-corrected chi connectivity index (χ2v) is 9.16. The number of hydrogen-bond acceptors (Lipinski definition) is 3. The number of nitrogens with zero attached hydrogens (tertiary/aromatic N) is 1. The first-order valence-electron chi connectivity index (χ1n) is 6.96. The minimum absolute atomic E-state index is 0.807. The van der Waals surface area contributed by atoms with Crippen LogP contribution in [0.25, 0.3) is 11.8 Å². The standard InChI is InChI=1S/C17H13BrClNS2/c1-10-6-15-12(7-16(18)22-15)17(20-9-21-8-14(10)20)11-4-2-3-5-13(11)19/h2-7H,8-9H2,1H3. The van der Waals surface area contributed by atoms with E-state index < -0.39 is 0 Å². The van der Waals surface area contributed by atoms with Crippen LogP contribution >= 0.6 is 50.6 Å². The lowest BCUT2D eigenvalue weighted by Gasteiger charge is -2.24. The summed E-state index contributed by atoms with van der Waals surface area (Å²) in [6.45, 7) is 2.21. The van der Waals surface area contributed by atoms with E-state index in [2.05, 4.69) is 52.0 Å². The van der Waals surface area contributed by atoms with Gasteiger partial charge in [0.2, 0.25) is 0 Å². The first-order chi connectivity index (χ1) is 10.6. The topological polar surface area (TPSA) is 3.24 Å². The Balaban J connectivity index is 2.13. The molecule has 0 aliphatic carbocycles. The van der Waals surface area contributed by atoms with Gasteiger partial charge in [-0.15, -0.1) is 23.1 Å². The molecule has 22 heavy (non-hydrogen) atoms. The molecule has 0 amide bonds. The Morgan fingerprint density at radius 2 is 2.09 bits per heavy atom. The first-order valence-corrected chi connectivity index (χ1v) is 10.1. The molecule has 5 heteroatoms. The molecule has 2 aliphatic heterocycles. The van der Waals surface area contributed by atoms with Gasteiger partial charge in [-0.05, 0) is 46.6 Å². The summed E-state index contributed by atoms with van der Waals surface area (Å²) in [6.07, 6.45) is 2.31. The van der Waals surface area contributed by atoms with Gasteiger partial charge >= 0.3 is 0 Å². The van der Waals surface area contributed by atoms with Gasteiger partial charge in [-0.2, -0.15) is 0 Å². The number of rotatable bonds is 1. The van der Waals surface area contributed by atoms with Crippen molar-refractivity contribution < 1.29 is 0 Å². The molecule has 1 aromatic heterocycles. The predicted molar refractivity (Wildman–Crippen MR) is 102 cm³/mol. The molecule has 2 aromatic rings. The molecule has 0 unspecified atom stereocenters. The van der Waals surface area contributed by atoms with Crippen molar-refractivity contribution >= 4 is 62.4 Å². The highest BCUT2D eigenvalue weighted by Gasteiger charge is 2.27. The Bertz CT molecular complexity index is 913. The van der Waals surface area contributed by atoms with Gasteiger partial charge in [0.15, 0.2) is 0 Å². The highest BCUT2D eigenvalue weighted by atomic mass is 79.9. The summed E-state index contributed by atoms with van der Waals surface area (Å²) in [5, 5.41) is 2.07. The lowest BCUT2D eigenvalue weighted by Crippen LogP contribution is -2.28. The van der Waals surface area contributed by atoms with Gasteiger partial charge in [0.1, 0.15) is 0 Å². The van der Waals surface area contributed by atoms with Crippen LogP contribution in [0.4, 0.5) is 0 Å². The molecule has 112 valence electrons. The van der Waals surface area contributed by atoms with Crippen molar-refractivity contribution in [1.82, 2.24) is 4.90 Å². The Morgan fingerprint density at radius 1 is 1.27 bits per heavy atom. The van der Waals surface area contributed by atoms with Crippen LogP contribution in [0, 0.1) is 0 Å². The molecule has 0 bridgehead atoms. The molecule has 0 saturated carbocycles. The minimum Gasteiger partial charge on any atom is -0.333 e. The summed E-state index contributed by atoms with van der Waals surface area (Å²) >= 11 is 13.9. The van der Waals surface area contributed by atoms with E-state index in [1.54, 1.807) is 11.3 Å². The molecule has 2 aliphatic rings. The molecule has 0 radical (unpaired) electrons. The van der Waals surface area contributed by atoms with Gasteiger partial charge in [-0.3, -0.25) is 0 Å². The zero-order chi connectivity index (χ0) is 15.3. The second kappa shape index (κ2) is 5.75. The molecule has 0 spiro atoms. The van der Waals surface area contributed by atoms with Crippen molar-refractivity contribution in [2.24, 2.45) is 0 Å².